The Labute approximate surface area is 138 Å². The van der Waals surface area contributed by atoms with E-state index in [1.54, 1.807) is 23.5 Å². The van der Waals surface area contributed by atoms with Gasteiger partial charge < -0.3 is 5.11 Å². The van der Waals surface area contributed by atoms with Crippen LogP contribution in [-0.4, -0.2) is 10.1 Å². The fourth-order valence-electron chi connectivity index (χ4n) is 1.59. The van der Waals surface area contributed by atoms with Gasteiger partial charge in [0.1, 0.15) is 5.75 Å². The fourth-order valence-corrected chi connectivity index (χ4v) is 2.37. The van der Waals surface area contributed by atoms with Crippen LogP contribution in [0.4, 0.5) is 0 Å². The number of phenols is 1. The van der Waals surface area contributed by atoms with Crippen molar-refractivity contribution >= 4 is 21.6 Å². The predicted molar refractivity (Wildman–Crippen MR) is 99.9 cm³/mol. The van der Waals surface area contributed by atoms with Gasteiger partial charge in [-0.3, -0.25) is 0 Å². The van der Waals surface area contributed by atoms with Gasteiger partial charge in [0.15, 0.2) is 0 Å². The highest BCUT2D eigenvalue weighted by atomic mass is 32.1. The first-order valence-electron chi connectivity index (χ1n) is 7.70. The monoisotopic (exact) mass is 317 g/mol. The minimum Gasteiger partial charge on any atom is -0.508 e. The molecule has 3 rings (SSSR count). The van der Waals surface area contributed by atoms with E-state index in [1.165, 1.54) is 10.3 Å². The summed E-state index contributed by atoms with van der Waals surface area (Å²) < 4.78 is 1.28. The average Bonchev–Trinajstić information content (AvgIpc) is 2.99. The van der Waals surface area contributed by atoms with E-state index < -0.39 is 0 Å². The molecule has 0 bridgehead atoms. The van der Waals surface area contributed by atoms with Gasteiger partial charge in [0.2, 0.25) is 0 Å². The first-order valence-corrected chi connectivity index (χ1v) is 8.58. The van der Waals surface area contributed by atoms with E-state index in [1.807, 2.05) is 52.3 Å². The number of nitrogens with zero attached hydrogens (tertiary/aromatic N) is 1. The highest BCUT2D eigenvalue weighted by Crippen LogP contribution is 2.18. The summed E-state index contributed by atoms with van der Waals surface area (Å²) in [5.74, 6) is 0.338. The van der Waals surface area contributed by atoms with Gasteiger partial charge in [-0.2, -0.15) is 0 Å². The van der Waals surface area contributed by atoms with Gasteiger partial charge in [-0.1, -0.05) is 45.9 Å². The molecule has 2 nitrogen and oxygen atoms in total. The molecule has 22 heavy (non-hydrogen) atoms. The first-order chi connectivity index (χ1) is 10.6. The molecule has 1 heterocycles. The highest BCUT2D eigenvalue weighted by molar-refractivity contribution is 7.16. The second kappa shape index (κ2) is 11.8. The Kier molecular flexibility index (Phi) is 10.8. The van der Waals surface area contributed by atoms with Crippen LogP contribution in [0.3, 0.4) is 0 Å². The maximum atomic E-state index is 8.81. The van der Waals surface area contributed by atoms with Gasteiger partial charge in [0.05, 0.1) is 15.7 Å². The minimum absolute atomic E-state index is 0.338. The van der Waals surface area contributed by atoms with E-state index in [0.29, 0.717) is 5.75 Å². The van der Waals surface area contributed by atoms with Crippen LogP contribution in [0.1, 0.15) is 38.8 Å². The SMILES string of the molecule is CC.CC.Cc1ccc2ncsc2c1.Cc1cccc(O)c1. The van der Waals surface area contributed by atoms with Gasteiger partial charge in [0, 0.05) is 0 Å². The molecule has 2 aromatic carbocycles. The largest absolute Gasteiger partial charge is 0.508 e. The number of benzene rings is 2. The molecular formula is C19H27NOS. The molecule has 120 valence electrons. The number of hydrogen-bond acceptors (Lipinski definition) is 3. The Balaban J connectivity index is 0.000000333. The Morgan fingerprint density at radius 2 is 1.50 bits per heavy atom. The minimum atomic E-state index is 0.338. The molecule has 0 aliphatic rings. The average molecular weight is 317 g/mol. The van der Waals surface area contributed by atoms with E-state index in [-0.39, 0.29) is 0 Å². The second-order valence-corrected chi connectivity index (χ2v) is 5.05. The van der Waals surface area contributed by atoms with Crippen molar-refractivity contribution in [3.05, 3.63) is 59.1 Å². The van der Waals surface area contributed by atoms with Crippen LogP contribution in [0.15, 0.2) is 48.0 Å². The number of aromatic nitrogens is 1. The van der Waals surface area contributed by atoms with Crippen molar-refractivity contribution in [2.75, 3.05) is 0 Å². The molecule has 0 fully saturated rings. The van der Waals surface area contributed by atoms with Crippen molar-refractivity contribution < 1.29 is 5.11 Å². The molecule has 0 unspecified atom stereocenters. The van der Waals surface area contributed by atoms with Crippen LogP contribution in [0.2, 0.25) is 0 Å². The van der Waals surface area contributed by atoms with Crippen molar-refractivity contribution in [3.63, 3.8) is 0 Å². The van der Waals surface area contributed by atoms with Gasteiger partial charge >= 0.3 is 0 Å². The highest BCUT2D eigenvalue weighted by Gasteiger charge is 1.93. The normalized spacial score (nSPS) is 8.64. The summed E-state index contributed by atoms with van der Waals surface area (Å²) in [5, 5.41) is 8.81. The summed E-state index contributed by atoms with van der Waals surface area (Å²) in [4.78, 5) is 4.18. The third-order valence-corrected chi connectivity index (χ3v) is 3.28. The number of aryl methyl sites for hydroxylation is 2. The zero-order valence-corrected chi connectivity index (χ0v) is 15.2. The van der Waals surface area contributed by atoms with E-state index in [0.717, 1.165) is 11.1 Å². The molecule has 3 heteroatoms. The zero-order chi connectivity index (χ0) is 17.0. The Morgan fingerprint density at radius 3 is 2.05 bits per heavy atom. The molecule has 1 N–H and O–H groups in total. The summed E-state index contributed by atoms with van der Waals surface area (Å²) in [5.41, 5.74) is 5.38. The lowest BCUT2D eigenvalue weighted by Gasteiger charge is -1.89. The summed E-state index contributed by atoms with van der Waals surface area (Å²) in [6.07, 6.45) is 0. The third-order valence-electron chi connectivity index (χ3n) is 2.49. The zero-order valence-electron chi connectivity index (χ0n) is 14.4. The molecule has 3 aromatic rings. The molecule has 0 radical (unpaired) electrons. The number of aromatic hydroxyl groups is 1. The predicted octanol–water partition coefficient (Wildman–Crippen LogP) is 6.36. The topological polar surface area (TPSA) is 33.1 Å². The number of thiazole rings is 1. The fraction of sp³-hybridized carbons (Fsp3) is 0.316. The van der Waals surface area contributed by atoms with Crippen LogP contribution < -0.4 is 0 Å². The van der Waals surface area contributed by atoms with E-state index in [2.05, 4.69) is 30.1 Å². The maximum Gasteiger partial charge on any atom is 0.115 e. The Morgan fingerprint density at radius 1 is 0.864 bits per heavy atom. The number of rotatable bonds is 0. The van der Waals surface area contributed by atoms with Gasteiger partial charge in [0.25, 0.3) is 0 Å². The van der Waals surface area contributed by atoms with Gasteiger partial charge in [-0.25, -0.2) is 4.98 Å². The summed E-state index contributed by atoms with van der Waals surface area (Å²) in [7, 11) is 0. The maximum absolute atomic E-state index is 8.81. The molecular weight excluding hydrogens is 290 g/mol. The van der Waals surface area contributed by atoms with Crippen molar-refractivity contribution in [3.8, 4) is 5.75 Å². The van der Waals surface area contributed by atoms with Gasteiger partial charge in [-0.15, -0.1) is 11.3 Å². The second-order valence-electron chi connectivity index (χ2n) is 4.16. The van der Waals surface area contributed by atoms with Crippen LogP contribution in [0.5, 0.6) is 5.75 Å². The van der Waals surface area contributed by atoms with Crippen LogP contribution in [0, 0.1) is 13.8 Å². The Bertz CT molecular complexity index is 629. The molecule has 0 saturated heterocycles. The van der Waals surface area contributed by atoms with Crippen molar-refractivity contribution in [2.24, 2.45) is 0 Å². The molecule has 0 amide bonds. The van der Waals surface area contributed by atoms with Crippen LogP contribution in [-0.2, 0) is 0 Å². The molecule has 1 aromatic heterocycles. The molecule has 0 saturated carbocycles. The molecule has 0 atom stereocenters. The molecule has 0 aliphatic carbocycles. The lowest BCUT2D eigenvalue weighted by molar-refractivity contribution is 0.475. The van der Waals surface area contributed by atoms with E-state index in [9.17, 15) is 0 Å². The standard InChI is InChI=1S/C8H7NS.C7H8O.2C2H6/c1-6-2-3-7-8(4-6)10-5-9-7;1-6-3-2-4-7(8)5-6;2*1-2/h2-5H,1H3;2-5,8H,1H3;2*1-2H3. The number of hydrogen-bond donors (Lipinski definition) is 1. The van der Waals surface area contributed by atoms with Crippen molar-refractivity contribution in [1.82, 2.24) is 4.98 Å². The lowest BCUT2D eigenvalue weighted by Crippen LogP contribution is -1.69. The van der Waals surface area contributed by atoms with E-state index >= 15 is 0 Å². The lowest BCUT2D eigenvalue weighted by atomic mass is 10.2. The molecule has 0 spiro atoms. The van der Waals surface area contributed by atoms with Crippen LogP contribution in [0.25, 0.3) is 10.2 Å². The summed E-state index contributed by atoms with van der Waals surface area (Å²) in [6, 6.07) is 13.5. The number of phenolic OH excluding ortho intramolecular Hbond substituents is 1. The van der Waals surface area contributed by atoms with Crippen molar-refractivity contribution in [1.29, 1.82) is 0 Å². The summed E-state index contributed by atoms with van der Waals surface area (Å²) in [6.45, 7) is 12.0. The molecule has 0 aliphatic heterocycles. The first kappa shape index (κ1) is 20.1. The summed E-state index contributed by atoms with van der Waals surface area (Å²) >= 11 is 1.69. The van der Waals surface area contributed by atoms with E-state index in [4.69, 9.17) is 5.11 Å². The van der Waals surface area contributed by atoms with Crippen molar-refractivity contribution in [2.45, 2.75) is 41.5 Å². The quantitative estimate of drug-likeness (QED) is 0.523. The van der Waals surface area contributed by atoms with Crippen LogP contribution >= 0.6 is 11.3 Å². The van der Waals surface area contributed by atoms with Gasteiger partial charge in [-0.05, 0) is 49.2 Å². The third kappa shape index (κ3) is 7.23. The number of fused-ring (bicyclic) bond motifs is 1. The smallest absolute Gasteiger partial charge is 0.115 e. The Hall–Kier alpha value is -1.87.